The number of benzene rings is 1. The second-order valence-electron chi connectivity index (χ2n) is 6.02. The van der Waals surface area contributed by atoms with Crippen LogP contribution < -0.4 is 15.4 Å². The van der Waals surface area contributed by atoms with Crippen LogP contribution in [-0.4, -0.2) is 25.2 Å². The molecule has 6 nitrogen and oxygen atoms in total. The van der Waals surface area contributed by atoms with Gasteiger partial charge in [-0.2, -0.15) is 0 Å². The summed E-state index contributed by atoms with van der Waals surface area (Å²) in [6.07, 6.45) is -0.270. The highest BCUT2D eigenvalue weighted by molar-refractivity contribution is 7.10. The lowest BCUT2D eigenvalue weighted by Gasteiger charge is -2.29. The lowest BCUT2D eigenvalue weighted by molar-refractivity contribution is -0.143. The molecule has 2 heterocycles. The van der Waals surface area contributed by atoms with Crippen molar-refractivity contribution in [2.75, 3.05) is 7.11 Å². The van der Waals surface area contributed by atoms with Crippen LogP contribution in [0, 0.1) is 0 Å². The van der Waals surface area contributed by atoms with Crippen molar-refractivity contribution in [2.45, 2.75) is 26.0 Å². The van der Waals surface area contributed by atoms with Crippen LogP contribution in [-0.2, 0) is 9.53 Å². The van der Waals surface area contributed by atoms with Gasteiger partial charge >= 0.3 is 12.0 Å². The molecule has 1 aliphatic rings. The standard InChI is InChI=1S/C19H20N2O4S/c1-11(2)25-18(22)15-16(12-6-8-13(24-3)9-7-12)20-19(23)21-17(15)14-5-4-10-26-14/h4-11,17H,1-3H3,(H2,20,21,23). The number of urea groups is 1. The Kier molecular flexibility index (Phi) is 5.27. The van der Waals surface area contributed by atoms with Crippen molar-refractivity contribution in [3.8, 4) is 5.75 Å². The number of esters is 1. The van der Waals surface area contributed by atoms with Gasteiger partial charge in [0.25, 0.3) is 0 Å². The number of carbonyl (C=O) groups excluding carboxylic acids is 2. The molecule has 1 aromatic carbocycles. The third kappa shape index (κ3) is 3.72. The number of hydrogen-bond acceptors (Lipinski definition) is 5. The number of ether oxygens (including phenoxy) is 2. The molecule has 0 spiro atoms. The van der Waals surface area contributed by atoms with E-state index in [1.54, 1.807) is 45.2 Å². The van der Waals surface area contributed by atoms with E-state index in [4.69, 9.17) is 9.47 Å². The highest BCUT2D eigenvalue weighted by Crippen LogP contribution is 2.34. The monoisotopic (exact) mass is 372 g/mol. The first kappa shape index (κ1) is 18.0. The number of nitrogens with one attached hydrogen (secondary N) is 2. The Morgan fingerprint density at radius 2 is 1.92 bits per heavy atom. The molecule has 0 saturated carbocycles. The van der Waals surface area contributed by atoms with Crippen molar-refractivity contribution in [3.05, 3.63) is 57.8 Å². The Bertz CT molecular complexity index is 826. The largest absolute Gasteiger partial charge is 0.497 e. The van der Waals surface area contributed by atoms with Crippen molar-refractivity contribution in [1.82, 2.24) is 10.6 Å². The van der Waals surface area contributed by atoms with Gasteiger partial charge in [0.15, 0.2) is 0 Å². The second-order valence-corrected chi connectivity index (χ2v) is 7.00. The van der Waals surface area contributed by atoms with E-state index in [9.17, 15) is 9.59 Å². The number of amides is 2. The molecule has 2 aromatic rings. The molecule has 1 aliphatic heterocycles. The molecule has 0 bridgehead atoms. The Hall–Kier alpha value is -2.80. The molecule has 0 radical (unpaired) electrons. The van der Waals surface area contributed by atoms with Crippen LogP contribution in [0.15, 0.2) is 47.4 Å². The predicted octanol–water partition coefficient (Wildman–Crippen LogP) is 3.47. The number of thiophene rings is 1. The maximum atomic E-state index is 12.8. The van der Waals surface area contributed by atoms with Gasteiger partial charge in [-0.15, -0.1) is 11.3 Å². The fourth-order valence-corrected chi connectivity index (χ4v) is 3.50. The van der Waals surface area contributed by atoms with E-state index in [0.717, 1.165) is 4.88 Å². The number of carbonyl (C=O) groups is 2. The van der Waals surface area contributed by atoms with Crippen LogP contribution >= 0.6 is 11.3 Å². The van der Waals surface area contributed by atoms with Crippen molar-refractivity contribution < 1.29 is 19.1 Å². The molecule has 2 amide bonds. The zero-order valence-corrected chi connectivity index (χ0v) is 15.6. The van der Waals surface area contributed by atoms with E-state index in [1.165, 1.54) is 11.3 Å². The lowest BCUT2D eigenvalue weighted by atomic mass is 9.97. The van der Waals surface area contributed by atoms with E-state index in [0.29, 0.717) is 22.6 Å². The van der Waals surface area contributed by atoms with Gasteiger partial charge in [-0.1, -0.05) is 6.07 Å². The van der Waals surface area contributed by atoms with Crippen LogP contribution in [0.2, 0.25) is 0 Å². The molecule has 7 heteroatoms. The van der Waals surface area contributed by atoms with Gasteiger partial charge in [0.2, 0.25) is 0 Å². The predicted molar refractivity (Wildman–Crippen MR) is 99.9 cm³/mol. The first-order valence-electron chi connectivity index (χ1n) is 8.20. The summed E-state index contributed by atoms with van der Waals surface area (Å²) >= 11 is 1.47. The third-order valence-corrected chi connectivity index (χ3v) is 4.78. The molecule has 3 rings (SSSR count). The summed E-state index contributed by atoms with van der Waals surface area (Å²) in [5.41, 5.74) is 1.53. The number of methoxy groups -OCH3 is 1. The quantitative estimate of drug-likeness (QED) is 0.788. The van der Waals surface area contributed by atoms with Gasteiger partial charge in [0, 0.05) is 4.88 Å². The van der Waals surface area contributed by atoms with Crippen LogP contribution in [0.5, 0.6) is 5.75 Å². The third-order valence-electron chi connectivity index (χ3n) is 3.84. The first-order chi connectivity index (χ1) is 12.5. The molecule has 1 aromatic heterocycles. The fourth-order valence-electron chi connectivity index (χ4n) is 2.72. The number of hydrogen-bond donors (Lipinski definition) is 2. The van der Waals surface area contributed by atoms with E-state index in [1.807, 2.05) is 17.5 Å². The minimum absolute atomic E-state index is 0.270. The highest BCUT2D eigenvalue weighted by atomic mass is 32.1. The maximum Gasteiger partial charge on any atom is 0.338 e. The Morgan fingerprint density at radius 1 is 1.19 bits per heavy atom. The molecule has 0 fully saturated rings. The molecule has 136 valence electrons. The van der Waals surface area contributed by atoms with Crippen LogP contribution in [0.4, 0.5) is 4.79 Å². The highest BCUT2D eigenvalue weighted by Gasteiger charge is 2.35. The van der Waals surface area contributed by atoms with Crippen molar-refractivity contribution in [3.63, 3.8) is 0 Å². The van der Waals surface area contributed by atoms with Crippen LogP contribution in [0.25, 0.3) is 5.70 Å². The average molecular weight is 372 g/mol. The lowest BCUT2D eigenvalue weighted by Crippen LogP contribution is -2.45. The minimum atomic E-state index is -0.563. The average Bonchev–Trinajstić information content (AvgIpc) is 3.15. The van der Waals surface area contributed by atoms with Gasteiger partial charge < -0.3 is 20.1 Å². The molecule has 0 aliphatic carbocycles. The smallest absolute Gasteiger partial charge is 0.338 e. The molecule has 1 unspecified atom stereocenters. The SMILES string of the molecule is COc1ccc(C2=C(C(=O)OC(C)C)C(c3cccs3)NC(=O)N2)cc1. The second kappa shape index (κ2) is 7.61. The fraction of sp³-hybridized carbons (Fsp3) is 0.263. The first-order valence-corrected chi connectivity index (χ1v) is 9.08. The Balaban J connectivity index is 2.13. The summed E-state index contributed by atoms with van der Waals surface area (Å²) in [4.78, 5) is 25.9. The van der Waals surface area contributed by atoms with Crippen LogP contribution in [0.1, 0.15) is 30.3 Å². The summed E-state index contributed by atoms with van der Waals surface area (Å²) in [7, 11) is 1.58. The molecular weight excluding hydrogens is 352 g/mol. The van der Waals surface area contributed by atoms with Crippen LogP contribution in [0.3, 0.4) is 0 Å². The molecule has 26 heavy (non-hydrogen) atoms. The van der Waals surface area contributed by atoms with E-state index < -0.39 is 12.0 Å². The summed E-state index contributed by atoms with van der Waals surface area (Å²) in [6, 6.07) is 10.00. The summed E-state index contributed by atoms with van der Waals surface area (Å²) in [5.74, 6) is 0.229. The van der Waals surface area contributed by atoms with Gasteiger partial charge in [-0.25, -0.2) is 9.59 Å². The Labute approximate surface area is 155 Å². The Morgan fingerprint density at radius 3 is 2.50 bits per heavy atom. The van der Waals surface area contributed by atoms with E-state index in [2.05, 4.69) is 10.6 Å². The topological polar surface area (TPSA) is 76.7 Å². The molecule has 1 atom stereocenters. The summed E-state index contributed by atoms with van der Waals surface area (Å²) in [5, 5.41) is 7.49. The van der Waals surface area contributed by atoms with E-state index in [-0.39, 0.29) is 12.1 Å². The van der Waals surface area contributed by atoms with Crippen molar-refractivity contribution in [1.29, 1.82) is 0 Å². The zero-order valence-electron chi connectivity index (χ0n) is 14.7. The minimum Gasteiger partial charge on any atom is -0.497 e. The number of rotatable bonds is 5. The van der Waals surface area contributed by atoms with Gasteiger partial charge in [-0.05, 0) is 55.1 Å². The van der Waals surface area contributed by atoms with Crippen molar-refractivity contribution >= 4 is 29.0 Å². The summed E-state index contributed by atoms with van der Waals surface area (Å²) in [6.45, 7) is 3.58. The maximum absolute atomic E-state index is 12.8. The molecule has 2 N–H and O–H groups in total. The van der Waals surface area contributed by atoms with Gasteiger partial charge in [-0.3, -0.25) is 0 Å². The zero-order chi connectivity index (χ0) is 18.7. The van der Waals surface area contributed by atoms with E-state index >= 15 is 0 Å². The van der Waals surface area contributed by atoms with Gasteiger partial charge in [0.05, 0.1) is 30.5 Å². The summed E-state index contributed by atoms with van der Waals surface area (Å²) < 4.78 is 10.6. The van der Waals surface area contributed by atoms with Crippen molar-refractivity contribution in [2.24, 2.45) is 0 Å². The molecular formula is C19H20N2O4S. The molecule has 0 saturated heterocycles. The van der Waals surface area contributed by atoms with Gasteiger partial charge in [0.1, 0.15) is 5.75 Å². The normalized spacial score (nSPS) is 16.9.